The Labute approximate surface area is 160 Å². The van der Waals surface area contributed by atoms with Crippen molar-refractivity contribution in [3.63, 3.8) is 0 Å². The molecule has 2 aromatic carbocycles. The number of aryl methyl sites for hydroxylation is 3. The van der Waals surface area contributed by atoms with Crippen molar-refractivity contribution in [3.8, 4) is 5.75 Å². The number of hydrogen-bond acceptors (Lipinski definition) is 3. The van der Waals surface area contributed by atoms with Gasteiger partial charge in [-0.2, -0.15) is 4.31 Å². The molecule has 1 aliphatic rings. The van der Waals surface area contributed by atoms with Crippen molar-refractivity contribution in [1.82, 2.24) is 8.87 Å². The van der Waals surface area contributed by atoms with E-state index in [9.17, 15) is 8.42 Å². The second-order valence-electron chi connectivity index (χ2n) is 7.18. The van der Waals surface area contributed by atoms with Crippen LogP contribution in [0.4, 0.5) is 0 Å². The molecule has 0 unspecified atom stereocenters. The zero-order valence-electron chi connectivity index (χ0n) is 16.1. The monoisotopic (exact) mass is 384 g/mol. The Morgan fingerprint density at radius 2 is 1.78 bits per heavy atom. The molecule has 0 fully saturated rings. The summed E-state index contributed by atoms with van der Waals surface area (Å²) < 4.78 is 35.9. The quantitative estimate of drug-likeness (QED) is 0.694. The van der Waals surface area contributed by atoms with Gasteiger partial charge in [0.25, 0.3) is 0 Å². The van der Waals surface area contributed by atoms with E-state index in [0.717, 1.165) is 22.3 Å². The van der Waals surface area contributed by atoms with Gasteiger partial charge in [0.1, 0.15) is 10.6 Å². The number of benzene rings is 2. The smallest absolute Gasteiger partial charge is 0.247 e. The number of nitrogens with zero attached hydrogens (tertiary/aromatic N) is 2. The molecule has 1 aliphatic heterocycles. The number of ether oxygens (including phenoxy) is 1. The van der Waals surface area contributed by atoms with Gasteiger partial charge >= 0.3 is 0 Å². The summed E-state index contributed by atoms with van der Waals surface area (Å²) in [4.78, 5) is 0.246. The van der Waals surface area contributed by atoms with Gasteiger partial charge in [0.2, 0.25) is 10.0 Å². The van der Waals surface area contributed by atoms with Crippen LogP contribution in [0, 0.1) is 13.8 Å². The zero-order valence-corrected chi connectivity index (χ0v) is 16.9. The highest BCUT2D eigenvalue weighted by molar-refractivity contribution is 7.89. The fourth-order valence-electron chi connectivity index (χ4n) is 3.96. The van der Waals surface area contributed by atoms with Crippen molar-refractivity contribution in [2.24, 2.45) is 7.05 Å². The molecular formula is C21H24N2O3S. The minimum atomic E-state index is -3.65. The third kappa shape index (κ3) is 2.75. The van der Waals surface area contributed by atoms with Crippen molar-refractivity contribution in [1.29, 1.82) is 0 Å². The highest BCUT2D eigenvalue weighted by Crippen LogP contribution is 2.35. The van der Waals surface area contributed by atoms with E-state index in [1.165, 1.54) is 18.1 Å². The summed E-state index contributed by atoms with van der Waals surface area (Å²) >= 11 is 0. The van der Waals surface area contributed by atoms with Gasteiger partial charge in [-0.3, -0.25) is 0 Å². The van der Waals surface area contributed by atoms with Crippen LogP contribution in [0.2, 0.25) is 0 Å². The van der Waals surface area contributed by atoms with Crippen LogP contribution in [0.25, 0.3) is 10.9 Å². The molecule has 5 nitrogen and oxygen atoms in total. The molecule has 0 aliphatic carbocycles. The minimum absolute atomic E-state index is 0.246. The molecule has 142 valence electrons. The van der Waals surface area contributed by atoms with Gasteiger partial charge in [-0.05, 0) is 55.2 Å². The van der Waals surface area contributed by atoms with Gasteiger partial charge in [-0.15, -0.1) is 0 Å². The second-order valence-corrected chi connectivity index (χ2v) is 9.08. The second kappa shape index (κ2) is 6.39. The van der Waals surface area contributed by atoms with Gasteiger partial charge in [0.05, 0.1) is 13.7 Å². The Bertz CT molecular complexity index is 1150. The maximum atomic E-state index is 13.4. The molecular weight excluding hydrogens is 360 g/mol. The van der Waals surface area contributed by atoms with Crippen LogP contribution in [0.15, 0.2) is 41.3 Å². The first kappa shape index (κ1) is 18.1. The molecule has 27 heavy (non-hydrogen) atoms. The number of sulfonamides is 1. The molecule has 1 aromatic heterocycles. The highest BCUT2D eigenvalue weighted by Gasteiger charge is 2.33. The predicted molar refractivity (Wildman–Crippen MR) is 107 cm³/mol. The maximum absolute atomic E-state index is 13.4. The molecule has 0 saturated heterocycles. The summed E-state index contributed by atoms with van der Waals surface area (Å²) in [7, 11) is -0.123. The molecule has 4 rings (SSSR count). The largest absolute Gasteiger partial charge is 0.495 e. The van der Waals surface area contributed by atoms with E-state index in [2.05, 4.69) is 16.7 Å². The minimum Gasteiger partial charge on any atom is -0.495 e. The lowest BCUT2D eigenvalue weighted by molar-refractivity contribution is 0.372. The molecule has 0 spiro atoms. The fourth-order valence-corrected chi connectivity index (χ4v) is 5.58. The Kier molecular flexibility index (Phi) is 4.28. The zero-order chi connectivity index (χ0) is 19.3. The Morgan fingerprint density at radius 3 is 2.52 bits per heavy atom. The number of fused-ring (bicyclic) bond motifs is 3. The number of rotatable bonds is 3. The van der Waals surface area contributed by atoms with Gasteiger partial charge in [0, 0.05) is 30.2 Å². The SMILES string of the molecule is COc1cc(C)c(C)cc1S(=O)(=O)N1CCc2c(n(C)c3ccccc23)C1. The van der Waals surface area contributed by atoms with Crippen LogP contribution in [-0.2, 0) is 30.0 Å². The topological polar surface area (TPSA) is 51.5 Å². The summed E-state index contributed by atoms with van der Waals surface area (Å²) in [6, 6.07) is 11.8. The van der Waals surface area contributed by atoms with Gasteiger partial charge < -0.3 is 9.30 Å². The van der Waals surface area contributed by atoms with Gasteiger partial charge in [-0.25, -0.2) is 8.42 Å². The number of hydrogen-bond donors (Lipinski definition) is 0. The molecule has 6 heteroatoms. The Morgan fingerprint density at radius 1 is 1.07 bits per heavy atom. The van der Waals surface area contributed by atoms with Crippen LogP contribution in [0.3, 0.4) is 0 Å². The first-order valence-corrected chi connectivity index (χ1v) is 10.5. The van der Waals surface area contributed by atoms with Crippen molar-refractivity contribution in [3.05, 3.63) is 58.8 Å². The summed E-state index contributed by atoms with van der Waals surface area (Å²) in [6.07, 6.45) is 0.711. The van der Waals surface area contributed by atoms with Crippen LogP contribution in [-0.4, -0.2) is 30.9 Å². The van der Waals surface area contributed by atoms with Crippen LogP contribution in [0.1, 0.15) is 22.4 Å². The first-order valence-electron chi connectivity index (χ1n) is 9.05. The van der Waals surface area contributed by atoms with Crippen molar-refractivity contribution in [2.45, 2.75) is 31.7 Å². The highest BCUT2D eigenvalue weighted by atomic mass is 32.2. The predicted octanol–water partition coefficient (Wildman–Crippen LogP) is 3.55. The summed E-state index contributed by atoms with van der Waals surface area (Å²) in [5.74, 6) is 0.404. The lowest BCUT2D eigenvalue weighted by Crippen LogP contribution is -2.36. The molecule has 0 amide bonds. The molecule has 0 saturated carbocycles. The van der Waals surface area contributed by atoms with E-state index in [4.69, 9.17) is 4.74 Å². The third-order valence-corrected chi connectivity index (χ3v) is 7.55. The summed E-state index contributed by atoms with van der Waals surface area (Å²) in [6.45, 7) is 4.72. The van der Waals surface area contributed by atoms with Crippen LogP contribution >= 0.6 is 0 Å². The Hall–Kier alpha value is -2.31. The van der Waals surface area contributed by atoms with Crippen molar-refractivity contribution in [2.75, 3.05) is 13.7 Å². The van der Waals surface area contributed by atoms with Crippen molar-refractivity contribution < 1.29 is 13.2 Å². The molecule has 0 N–H and O–H groups in total. The summed E-state index contributed by atoms with van der Waals surface area (Å²) in [5.41, 5.74) is 5.42. The van der Waals surface area contributed by atoms with E-state index in [0.29, 0.717) is 25.3 Å². The van der Waals surface area contributed by atoms with Gasteiger partial charge in [-0.1, -0.05) is 18.2 Å². The summed E-state index contributed by atoms with van der Waals surface area (Å²) in [5, 5.41) is 1.22. The van der Waals surface area contributed by atoms with Gasteiger partial charge in [0.15, 0.2) is 0 Å². The molecule has 0 radical (unpaired) electrons. The van der Waals surface area contributed by atoms with E-state index < -0.39 is 10.0 Å². The van der Waals surface area contributed by atoms with E-state index >= 15 is 0 Å². The first-order chi connectivity index (χ1) is 12.8. The molecule has 0 atom stereocenters. The Balaban J connectivity index is 1.79. The number of para-hydroxylation sites is 1. The van der Waals surface area contributed by atoms with E-state index in [1.54, 1.807) is 16.4 Å². The number of methoxy groups -OCH3 is 1. The standard InChI is InChI=1S/C21H24N2O3S/c1-14-11-20(26-4)21(12-15(14)2)27(24,25)23-10-9-17-16-7-5-6-8-18(16)22(3)19(17)13-23/h5-8,11-12H,9-10,13H2,1-4H3. The molecule has 0 bridgehead atoms. The van der Waals surface area contributed by atoms with E-state index in [-0.39, 0.29) is 4.90 Å². The third-order valence-electron chi connectivity index (χ3n) is 5.68. The lowest BCUT2D eigenvalue weighted by Gasteiger charge is -2.28. The van der Waals surface area contributed by atoms with E-state index in [1.807, 2.05) is 33.0 Å². The van der Waals surface area contributed by atoms with Crippen molar-refractivity contribution >= 4 is 20.9 Å². The molecule has 2 heterocycles. The average molecular weight is 385 g/mol. The number of aromatic nitrogens is 1. The fraction of sp³-hybridized carbons (Fsp3) is 0.333. The molecule has 3 aromatic rings. The van der Waals surface area contributed by atoms with Crippen LogP contribution in [0.5, 0.6) is 5.75 Å². The lowest BCUT2D eigenvalue weighted by atomic mass is 10.1. The normalized spacial score (nSPS) is 15.1. The average Bonchev–Trinajstić information content (AvgIpc) is 2.96. The van der Waals surface area contributed by atoms with Crippen LogP contribution < -0.4 is 4.74 Å². The maximum Gasteiger partial charge on any atom is 0.247 e.